The predicted molar refractivity (Wildman–Crippen MR) is 69.0 cm³/mol. The quantitative estimate of drug-likeness (QED) is 0.608. The smallest absolute Gasteiger partial charge is 0.237 e. The summed E-state index contributed by atoms with van der Waals surface area (Å²) < 4.78 is 0. The van der Waals surface area contributed by atoms with Crippen molar-refractivity contribution in [1.82, 2.24) is 15.1 Å². The Morgan fingerprint density at radius 2 is 1.76 bits per heavy atom. The van der Waals surface area contributed by atoms with E-state index in [4.69, 9.17) is 0 Å². The molecule has 0 saturated heterocycles. The average molecular weight is 243 g/mol. The van der Waals surface area contributed by atoms with Gasteiger partial charge in [-0.1, -0.05) is 0 Å². The SMILES string of the molecule is CC(=O)CC(C(=O)NCCCN(C)C)N(C)C. The second kappa shape index (κ2) is 8.20. The first kappa shape index (κ1) is 16.1. The van der Waals surface area contributed by atoms with E-state index in [1.165, 1.54) is 6.92 Å². The third-order valence-electron chi connectivity index (χ3n) is 2.49. The van der Waals surface area contributed by atoms with Gasteiger partial charge in [0.15, 0.2) is 0 Å². The van der Waals surface area contributed by atoms with E-state index in [1.54, 1.807) is 4.90 Å². The molecule has 17 heavy (non-hydrogen) atoms. The molecule has 0 aliphatic carbocycles. The molecule has 5 nitrogen and oxygen atoms in total. The normalized spacial score (nSPS) is 12.9. The van der Waals surface area contributed by atoms with Crippen molar-refractivity contribution >= 4 is 11.7 Å². The highest BCUT2D eigenvalue weighted by atomic mass is 16.2. The zero-order chi connectivity index (χ0) is 13.4. The molecule has 0 spiro atoms. The first-order valence-corrected chi connectivity index (χ1v) is 5.93. The van der Waals surface area contributed by atoms with E-state index in [2.05, 4.69) is 10.2 Å². The predicted octanol–water partition coefficient (Wildman–Crippen LogP) is -0.0364. The number of rotatable bonds is 8. The average Bonchev–Trinajstić information content (AvgIpc) is 2.19. The molecular weight excluding hydrogens is 218 g/mol. The summed E-state index contributed by atoms with van der Waals surface area (Å²) in [6.07, 6.45) is 1.19. The van der Waals surface area contributed by atoms with Gasteiger partial charge in [-0.15, -0.1) is 0 Å². The summed E-state index contributed by atoms with van der Waals surface area (Å²) in [6, 6.07) is -0.355. The second-order valence-corrected chi connectivity index (χ2v) is 4.83. The van der Waals surface area contributed by atoms with Crippen molar-refractivity contribution in [2.75, 3.05) is 41.3 Å². The van der Waals surface area contributed by atoms with Crippen LogP contribution in [0.4, 0.5) is 0 Å². The first-order chi connectivity index (χ1) is 7.84. The Hall–Kier alpha value is -0.940. The monoisotopic (exact) mass is 243 g/mol. The first-order valence-electron chi connectivity index (χ1n) is 5.93. The minimum absolute atomic E-state index is 0.0344. The Labute approximate surface area is 104 Å². The van der Waals surface area contributed by atoms with Crippen LogP contribution in [0.15, 0.2) is 0 Å². The molecule has 0 aromatic carbocycles. The molecule has 0 aromatic rings. The lowest BCUT2D eigenvalue weighted by atomic mass is 10.1. The van der Waals surface area contributed by atoms with E-state index < -0.39 is 0 Å². The highest BCUT2D eigenvalue weighted by Gasteiger charge is 2.21. The summed E-state index contributed by atoms with van der Waals surface area (Å²) in [4.78, 5) is 26.8. The van der Waals surface area contributed by atoms with Crippen molar-refractivity contribution in [1.29, 1.82) is 0 Å². The fraction of sp³-hybridized carbons (Fsp3) is 0.833. The van der Waals surface area contributed by atoms with Gasteiger partial charge in [-0.3, -0.25) is 14.5 Å². The fourth-order valence-electron chi connectivity index (χ4n) is 1.51. The molecule has 1 atom stereocenters. The lowest BCUT2D eigenvalue weighted by Crippen LogP contribution is -2.45. The molecule has 0 heterocycles. The van der Waals surface area contributed by atoms with Crippen molar-refractivity contribution in [3.05, 3.63) is 0 Å². The van der Waals surface area contributed by atoms with Crippen LogP contribution < -0.4 is 5.32 Å². The highest BCUT2D eigenvalue weighted by Crippen LogP contribution is 2.01. The molecular formula is C12H25N3O2. The number of nitrogens with zero attached hydrogens (tertiary/aromatic N) is 2. The van der Waals surface area contributed by atoms with Crippen LogP contribution in [0.1, 0.15) is 19.8 Å². The van der Waals surface area contributed by atoms with Gasteiger partial charge in [-0.05, 0) is 48.1 Å². The Morgan fingerprint density at radius 1 is 1.18 bits per heavy atom. The molecule has 0 rings (SSSR count). The van der Waals surface area contributed by atoms with Crippen molar-refractivity contribution in [3.63, 3.8) is 0 Å². The van der Waals surface area contributed by atoms with Gasteiger partial charge in [0.05, 0.1) is 6.04 Å². The fourth-order valence-corrected chi connectivity index (χ4v) is 1.51. The van der Waals surface area contributed by atoms with Crippen LogP contribution in [0.2, 0.25) is 0 Å². The maximum atomic E-state index is 11.8. The lowest BCUT2D eigenvalue weighted by molar-refractivity contribution is -0.129. The molecule has 0 aliphatic heterocycles. The largest absolute Gasteiger partial charge is 0.355 e. The van der Waals surface area contributed by atoms with Crippen LogP contribution in [-0.4, -0.2) is 68.8 Å². The zero-order valence-electron chi connectivity index (χ0n) is 11.6. The van der Waals surface area contributed by atoms with E-state index in [0.717, 1.165) is 13.0 Å². The second-order valence-electron chi connectivity index (χ2n) is 4.83. The molecule has 0 aliphatic rings. The summed E-state index contributed by atoms with van der Waals surface area (Å²) >= 11 is 0. The standard InChI is InChI=1S/C12H25N3O2/c1-10(16)9-11(15(4)5)12(17)13-7-6-8-14(2)3/h11H,6-9H2,1-5H3,(H,13,17). The number of likely N-dealkylation sites (N-methyl/N-ethyl adjacent to an activating group) is 1. The van der Waals surface area contributed by atoms with Crippen molar-refractivity contribution < 1.29 is 9.59 Å². The maximum Gasteiger partial charge on any atom is 0.237 e. The van der Waals surface area contributed by atoms with Crippen LogP contribution in [0.3, 0.4) is 0 Å². The molecule has 100 valence electrons. The van der Waals surface area contributed by atoms with Gasteiger partial charge in [0.1, 0.15) is 5.78 Å². The number of amides is 1. The molecule has 1 unspecified atom stereocenters. The molecule has 5 heteroatoms. The Kier molecular flexibility index (Phi) is 7.74. The minimum atomic E-state index is -0.355. The van der Waals surface area contributed by atoms with Crippen LogP contribution in [0, 0.1) is 0 Å². The van der Waals surface area contributed by atoms with Crippen molar-refractivity contribution in [2.24, 2.45) is 0 Å². The number of ketones is 1. The van der Waals surface area contributed by atoms with Gasteiger partial charge in [-0.2, -0.15) is 0 Å². The van der Waals surface area contributed by atoms with E-state index in [-0.39, 0.29) is 24.2 Å². The number of carbonyl (C=O) groups is 2. The zero-order valence-corrected chi connectivity index (χ0v) is 11.6. The highest BCUT2D eigenvalue weighted by molar-refractivity contribution is 5.88. The summed E-state index contributed by atoms with van der Waals surface area (Å²) in [6.45, 7) is 3.11. The van der Waals surface area contributed by atoms with E-state index >= 15 is 0 Å². The lowest BCUT2D eigenvalue weighted by Gasteiger charge is -2.22. The molecule has 0 saturated carbocycles. The maximum absolute atomic E-state index is 11.8. The summed E-state index contributed by atoms with van der Waals surface area (Å²) in [5.41, 5.74) is 0. The van der Waals surface area contributed by atoms with E-state index in [1.807, 2.05) is 28.2 Å². The van der Waals surface area contributed by atoms with Gasteiger partial charge in [0.25, 0.3) is 0 Å². The number of nitrogens with one attached hydrogen (secondary N) is 1. The summed E-state index contributed by atoms with van der Waals surface area (Å²) in [5.74, 6) is -0.0314. The van der Waals surface area contributed by atoms with E-state index in [9.17, 15) is 9.59 Å². The van der Waals surface area contributed by atoms with Crippen LogP contribution in [0.5, 0.6) is 0 Å². The summed E-state index contributed by atoms with van der Waals surface area (Å²) in [5, 5.41) is 2.87. The molecule has 0 fully saturated rings. The number of hydrogen-bond donors (Lipinski definition) is 1. The third kappa shape index (κ3) is 7.88. The van der Waals surface area contributed by atoms with Crippen LogP contribution >= 0.6 is 0 Å². The number of hydrogen-bond acceptors (Lipinski definition) is 4. The third-order valence-corrected chi connectivity index (χ3v) is 2.49. The van der Waals surface area contributed by atoms with Crippen molar-refractivity contribution in [3.8, 4) is 0 Å². The minimum Gasteiger partial charge on any atom is -0.355 e. The van der Waals surface area contributed by atoms with Gasteiger partial charge in [0, 0.05) is 13.0 Å². The molecule has 1 amide bonds. The number of carbonyl (C=O) groups excluding carboxylic acids is 2. The van der Waals surface area contributed by atoms with Gasteiger partial charge in [0.2, 0.25) is 5.91 Å². The Morgan fingerprint density at radius 3 is 2.18 bits per heavy atom. The van der Waals surface area contributed by atoms with Crippen molar-refractivity contribution in [2.45, 2.75) is 25.8 Å². The van der Waals surface area contributed by atoms with Gasteiger partial charge < -0.3 is 10.2 Å². The van der Waals surface area contributed by atoms with Crippen LogP contribution in [-0.2, 0) is 9.59 Å². The summed E-state index contributed by atoms with van der Waals surface area (Å²) in [7, 11) is 7.63. The molecule has 0 bridgehead atoms. The van der Waals surface area contributed by atoms with Gasteiger partial charge in [-0.25, -0.2) is 0 Å². The molecule has 1 N–H and O–H groups in total. The Balaban J connectivity index is 4.02. The molecule has 0 aromatic heterocycles. The van der Waals surface area contributed by atoms with E-state index in [0.29, 0.717) is 6.54 Å². The molecule has 0 radical (unpaired) electrons. The Bertz CT molecular complexity index is 252. The number of Topliss-reactive ketones (excluding diaryl/α,β-unsaturated/α-hetero) is 1. The van der Waals surface area contributed by atoms with Gasteiger partial charge >= 0.3 is 0 Å². The van der Waals surface area contributed by atoms with Crippen LogP contribution in [0.25, 0.3) is 0 Å². The topological polar surface area (TPSA) is 52.7 Å².